The number of sulfone groups is 1. The summed E-state index contributed by atoms with van der Waals surface area (Å²) in [6.45, 7) is 0.696. The van der Waals surface area contributed by atoms with Crippen molar-refractivity contribution in [1.29, 1.82) is 0 Å². The van der Waals surface area contributed by atoms with Crippen LogP contribution in [0.2, 0.25) is 0 Å². The number of nitro groups is 1. The van der Waals surface area contributed by atoms with E-state index in [4.69, 9.17) is 9.47 Å². The monoisotopic (exact) mass is 435 g/mol. The minimum absolute atomic E-state index is 0.128. The van der Waals surface area contributed by atoms with Crippen LogP contribution in [0.3, 0.4) is 0 Å². The molecule has 0 spiro atoms. The van der Waals surface area contributed by atoms with Gasteiger partial charge in [-0.05, 0) is 36.2 Å². The van der Waals surface area contributed by atoms with Gasteiger partial charge >= 0.3 is 0 Å². The lowest BCUT2D eigenvalue weighted by Crippen LogP contribution is -2.29. The zero-order valence-electron chi connectivity index (χ0n) is 16.2. The van der Waals surface area contributed by atoms with Crippen molar-refractivity contribution in [2.24, 2.45) is 0 Å². The average molecular weight is 435 g/mol. The molecule has 2 aromatic rings. The third kappa shape index (κ3) is 5.38. The zero-order valence-corrected chi connectivity index (χ0v) is 17.0. The van der Waals surface area contributed by atoms with Gasteiger partial charge in [0.25, 0.3) is 5.69 Å². The number of fused-ring (bicyclic) bond motifs is 1. The fourth-order valence-corrected chi connectivity index (χ4v) is 3.53. The van der Waals surface area contributed by atoms with Gasteiger partial charge < -0.3 is 20.1 Å². The van der Waals surface area contributed by atoms with Gasteiger partial charge in [-0.2, -0.15) is 0 Å². The number of aryl methyl sites for hydroxylation is 1. The van der Waals surface area contributed by atoms with Gasteiger partial charge in [-0.3, -0.25) is 14.9 Å². The predicted octanol–water partition coefficient (Wildman–Crippen LogP) is 1.89. The number of rotatable bonds is 9. The lowest BCUT2D eigenvalue weighted by molar-refractivity contribution is -0.384. The quantitative estimate of drug-likeness (QED) is 0.346. The molecule has 0 saturated carbocycles. The standard InChI is InChI=1S/C19H21N3O7S/c1-30(26,27)14-4-5-15(16(11-14)22(24)25)20-8-9-21-19(23)7-3-13-2-6-17-18(10-13)29-12-28-17/h2,4-6,10-11,20H,3,7-9,12H2,1H3,(H,21,23). The second-order valence-electron chi connectivity index (χ2n) is 6.67. The lowest BCUT2D eigenvalue weighted by Gasteiger charge is -2.09. The lowest BCUT2D eigenvalue weighted by atomic mass is 10.1. The largest absolute Gasteiger partial charge is 0.454 e. The molecule has 11 heteroatoms. The van der Waals surface area contributed by atoms with Gasteiger partial charge in [-0.15, -0.1) is 0 Å². The van der Waals surface area contributed by atoms with Crippen molar-refractivity contribution in [3.63, 3.8) is 0 Å². The summed E-state index contributed by atoms with van der Waals surface area (Å²) in [6.07, 6.45) is 1.80. The van der Waals surface area contributed by atoms with Crippen molar-refractivity contribution in [2.75, 3.05) is 31.5 Å². The Balaban J connectivity index is 1.46. The van der Waals surface area contributed by atoms with Gasteiger partial charge in [0.05, 0.1) is 9.82 Å². The number of amides is 1. The van der Waals surface area contributed by atoms with Gasteiger partial charge in [-0.1, -0.05) is 6.07 Å². The average Bonchev–Trinajstić information content (AvgIpc) is 3.16. The summed E-state index contributed by atoms with van der Waals surface area (Å²) in [5, 5.41) is 16.8. The Morgan fingerprint density at radius 1 is 1.13 bits per heavy atom. The molecule has 2 aromatic carbocycles. The number of nitro benzene ring substituents is 1. The molecule has 3 rings (SSSR count). The highest BCUT2D eigenvalue weighted by Crippen LogP contribution is 2.32. The number of benzene rings is 2. The van der Waals surface area contributed by atoms with Crippen LogP contribution in [0.1, 0.15) is 12.0 Å². The van der Waals surface area contributed by atoms with Crippen LogP contribution < -0.4 is 20.1 Å². The van der Waals surface area contributed by atoms with E-state index in [1.807, 2.05) is 12.1 Å². The smallest absolute Gasteiger partial charge is 0.293 e. The second kappa shape index (κ2) is 8.99. The van der Waals surface area contributed by atoms with Crippen LogP contribution in [-0.4, -0.2) is 45.4 Å². The summed E-state index contributed by atoms with van der Waals surface area (Å²) in [4.78, 5) is 22.5. The van der Waals surface area contributed by atoms with Crippen LogP contribution in [0.4, 0.5) is 11.4 Å². The first kappa shape index (κ1) is 21.4. The first-order valence-corrected chi connectivity index (χ1v) is 11.0. The number of nitrogens with one attached hydrogen (secondary N) is 2. The van der Waals surface area contributed by atoms with Crippen LogP contribution >= 0.6 is 0 Å². The normalized spacial score (nSPS) is 12.4. The van der Waals surface area contributed by atoms with Crippen LogP contribution in [0.5, 0.6) is 11.5 Å². The number of anilines is 1. The molecular formula is C19H21N3O7S. The number of ether oxygens (including phenoxy) is 2. The Kier molecular flexibility index (Phi) is 6.40. The fraction of sp³-hybridized carbons (Fsp3) is 0.316. The molecule has 0 saturated heterocycles. The molecular weight excluding hydrogens is 414 g/mol. The summed E-state index contributed by atoms with van der Waals surface area (Å²) in [5.74, 6) is 1.20. The zero-order chi connectivity index (χ0) is 21.7. The van der Waals surface area contributed by atoms with Crippen molar-refractivity contribution in [3.05, 3.63) is 52.1 Å². The SMILES string of the molecule is CS(=O)(=O)c1ccc(NCCNC(=O)CCc2ccc3c(c2)OCO3)c([N+](=O)[O-])c1. The Morgan fingerprint density at radius 3 is 2.63 bits per heavy atom. The summed E-state index contributed by atoms with van der Waals surface area (Å²) in [5.41, 5.74) is 0.795. The van der Waals surface area contributed by atoms with E-state index >= 15 is 0 Å². The van der Waals surface area contributed by atoms with Crippen molar-refractivity contribution in [3.8, 4) is 11.5 Å². The van der Waals surface area contributed by atoms with E-state index in [1.54, 1.807) is 6.07 Å². The van der Waals surface area contributed by atoms with Crippen molar-refractivity contribution in [1.82, 2.24) is 5.32 Å². The Hall–Kier alpha value is -3.34. The van der Waals surface area contributed by atoms with E-state index in [1.165, 1.54) is 12.1 Å². The first-order valence-electron chi connectivity index (χ1n) is 9.11. The van der Waals surface area contributed by atoms with Gasteiger partial charge in [0, 0.05) is 31.8 Å². The molecule has 1 amide bonds. The highest BCUT2D eigenvalue weighted by atomic mass is 32.2. The van der Waals surface area contributed by atoms with Crippen LogP contribution in [0.15, 0.2) is 41.3 Å². The molecule has 2 N–H and O–H groups in total. The van der Waals surface area contributed by atoms with E-state index in [-0.39, 0.29) is 48.5 Å². The van der Waals surface area contributed by atoms with E-state index in [2.05, 4.69) is 10.6 Å². The molecule has 160 valence electrons. The van der Waals surface area contributed by atoms with Gasteiger partial charge in [0.15, 0.2) is 21.3 Å². The maximum Gasteiger partial charge on any atom is 0.293 e. The van der Waals surface area contributed by atoms with E-state index in [9.17, 15) is 23.3 Å². The molecule has 0 bridgehead atoms. The molecule has 0 fully saturated rings. The van der Waals surface area contributed by atoms with E-state index in [0.717, 1.165) is 17.9 Å². The number of carbonyl (C=O) groups excluding carboxylic acids is 1. The molecule has 1 aliphatic rings. The van der Waals surface area contributed by atoms with Crippen molar-refractivity contribution < 1.29 is 27.6 Å². The topological polar surface area (TPSA) is 137 Å². The first-order chi connectivity index (χ1) is 14.2. The number of hydrogen-bond acceptors (Lipinski definition) is 8. The molecule has 30 heavy (non-hydrogen) atoms. The third-order valence-corrected chi connectivity index (χ3v) is 5.54. The van der Waals surface area contributed by atoms with Crippen LogP contribution in [-0.2, 0) is 21.1 Å². The molecule has 0 unspecified atom stereocenters. The fourth-order valence-electron chi connectivity index (χ4n) is 2.88. The minimum atomic E-state index is -3.55. The molecule has 1 aliphatic heterocycles. The highest BCUT2D eigenvalue weighted by Gasteiger charge is 2.18. The molecule has 1 heterocycles. The Labute approximate surface area is 173 Å². The second-order valence-corrected chi connectivity index (χ2v) is 8.69. The summed E-state index contributed by atoms with van der Waals surface area (Å²) < 4.78 is 33.7. The highest BCUT2D eigenvalue weighted by molar-refractivity contribution is 7.90. The van der Waals surface area contributed by atoms with Gasteiger partial charge in [-0.25, -0.2) is 8.42 Å². The molecule has 0 aliphatic carbocycles. The maximum atomic E-state index is 12.0. The number of nitrogens with zero attached hydrogens (tertiary/aromatic N) is 1. The van der Waals surface area contributed by atoms with Crippen molar-refractivity contribution >= 4 is 27.1 Å². The van der Waals surface area contributed by atoms with Gasteiger partial charge in [0.1, 0.15) is 5.69 Å². The summed E-state index contributed by atoms with van der Waals surface area (Å²) in [7, 11) is -3.55. The third-order valence-electron chi connectivity index (χ3n) is 4.43. The number of hydrogen-bond donors (Lipinski definition) is 2. The number of carbonyl (C=O) groups is 1. The minimum Gasteiger partial charge on any atom is -0.454 e. The summed E-state index contributed by atoms with van der Waals surface area (Å²) >= 11 is 0. The van der Waals surface area contributed by atoms with E-state index in [0.29, 0.717) is 17.9 Å². The molecule has 0 atom stereocenters. The van der Waals surface area contributed by atoms with Gasteiger partial charge in [0.2, 0.25) is 12.7 Å². The van der Waals surface area contributed by atoms with E-state index < -0.39 is 14.8 Å². The predicted molar refractivity (Wildman–Crippen MR) is 109 cm³/mol. The molecule has 0 aromatic heterocycles. The van der Waals surface area contributed by atoms with Crippen LogP contribution in [0, 0.1) is 10.1 Å². The Bertz CT molecular complexity index is 1070. The van der Waals surface area contributed by atoms with Crippen molar-refractivity contribution in [2.45, 2.75) is 17.7 Å². The Morgan fingerprint density at radius 2 is 1.90 bits per heavy atom. The molecule has 0 radical (unpaired) electrons. The molecule has 10 nitrogen and oxygen atoms in total. The maximum absolute atomic E-state index is 12.0. The summed E-state index contributed by atoms with van der Waals surface area (Å²) in [6, 6.07) is 9.19. The van der Waals surface area contributed by atoms with Crippen LogP contribution in [0.25, 0.3) is 0 Å².